The molecule has 0 aliphatic carbocycles. The lowest BCUT2D eigenvalue weighted by Gasteiger charge is -2.08. The van der Waals surface area contributed by atoms with Gasteiger partial charge in [-0.25, -0.2) is 9.31 Å². The summed E-state index contributed by atoms with van der Waals surface area (Å²) in [5.41, 5.74) is 1.79. The lowest BCUT2D eigenvalue weighted by atomic mass is 10.2. The number of nitrogens with one attached hydrogen (secondary N) is 1. The van der Waals surface area contributed by atoms with Crippen LogP contribution in [-0.2, 0) is 4.74 Å². The molecule has 2 aromatic carbocycles. The molecule has 0 atom stereocenters. The fraction of sp³-hybridized carbons (Fsp3) is 0.136. The Hall–Kier alpha value is -3.65. The molecule has 0 spiro atoms. The van der Waals surface area contributed by atoms with Crippen LogP contribution in [0.2, 0.25) is 0 Å². The van der Waals surface area contributed by atoms with Crippen LogP contribution in [0.25, 0.3) is 16.1 Å². The third-order valence-corrected chi connectivity index (χ3v) is 5.59. The average molecular weight is 421 g/mol. The minimum atomic E-state index is -0.622. The summed E-state index contributed by atoms with van der Waals surface area (Å²) in [7, 11) is 1.59. The number of hydrogen-bond acceptors (Lipinski definition) is 6. The number of carbonyl (C=O) groups excluding carboxylic acids is 2. The molecule has 30 heavy (non-hydrogen) atoms. The van der Waals surface area contributed by atoms with Crippen LogP contribution >= 0.6 is 11.3 Å². The van der Waals surface area contributed by atoms with E-state index in [2.05, 4.69) is 0 Å². The van der Waals surface area contributed by atoms with Gasteiger partial charge < -0.3 is 9.47 Å². The number of carbonyl (C=O) groups is 2. The normalized spacial score (nSPS) is 10.9. The van der Waals surface area contributed by atoms with Crippen molar-refractivity contribution in [1.29, 1.82) is 5.41 Å². The molecule has 0 bridgehead atoms. The van der Waals surface area contributed by atoms with E-state index in [0.717, 1.165) is 5.56 Å². The van der Waals surface area contributed by atoms with Gasteiger partial charge in [0, 0.05) is 16.5 Å². The lowest BCUT2D eigenvalue weighted by Crippen LogP contribution is -2.30. The van der Waals surface area contributed by atoms with Crippen molar-refractivity contribution in [1.82, 2.24) is 9.20 Å². The molecule has 0 aliphatic heterocycles. The Morgan fingerprint density at radius 1 is 1.07 bits per heavy atom. The number of fused-ring (bicyclic) bond motifs is 1. The number of benzene rings is 2. The molecule has 0 radical (unpaired) electrons. The van der Waals surface area contributed by atoms with E-state index < -0.39 is 11.9 Å². The van der Waals surface area contributed by atoms with Crippen molar-refractivity contribution >= 4 is 28.0 Å². The number of nitrogens with zero attached hydrogens (tertiary/aromatic N) is 2. The number of rotatable bonds is 5. The molecule has 0 amide bonds. The number of hydrogen-bond donors (Lipinski definition) is 1. The standard InChI is InChI=1S/C22H19N3O4S/c1-3-29-22(27)18-19(23)25(20(26)15-7-5-4-6-8-15)24-17(13-30-21(18)24)14-9-11-16(28-2)12-10-14/h4-13,23H,3H2,1-2H3. The zero-order valence-corrected chi connectivity index (χ0v) is 17.2. The van der Waals surface area contributed by atoms with Crippen LogP contribution in [0.1, 0.15) is 27.6 Å². The van der Waals surface area contributed by atoms with Gasteiger partial charge in [-0.15, -0.1) is 11.3 Å². The Balaban J connectivity index is 1.99. The van der Waals surface area contributed by atoms with Crippen molar-refractivity contribution < 1.29 is 19.1 Å². The van der Waals surface area contributed by atoms with Crippen LogP contribution in [0, 0.1) is 5.41 Å². The van der Waals surface area contributed by atoms with Crippen LogP contribution in [0.5, 0.6) is 5.75 Å². The van der Waals surface area contributed by atoms with Crippen molar-refractivity contribution in [2.75, 3.05) is 13.7 Å². The van der Waals surface area contributed by atoms with Crippen molar-refractivity contribution in [3.63, 3.8) is 0 Å². The van der Waals surface area contributed by atoms with Crippen LogP contribution in [-0.4, -0.2) is 34.8 Å². The quantitative estimate of drug-likeness (QED) is 0.497. The SMILES string of the molecule is CCOC(=O)c1c(=N)n(C(=O)c2ccccc2)n2c(-c3ccc(OC)cc3)csc12. The smallest absolute Gasteiger partial charge is 0.345 e. The van der Waals surface area contributed by atoms with Gasteiger partial charge in [0.2, 0.25) is 0 Å². The number of esters is 1. The maximum absolute atomic E-state index is 13.3. The Morgan fingerprint density at radius 3 is 2.40 bits per heavy atom. The fourth-order valence-corrected chi connectivity index (χ4v) is 4.26. The largest absolute Gasteiger partial charge is 0.497 e. The summed E-state index contributed by atoms with van der Waals surface area (Å²) in [6.45, 7) is 1.88. The Bertz CT molecular complexity index is 1280. The van der Waals surface area contributed by atoms with Gasteiger partial charge >= 0.3 is 5.97 Å². The van der Waals surface area contributed by atoms with E-state index in [1.54, 1.807) is 42.8 Å². The van der Waals surface area contributed by atoms with Gasteiger partial charge in [0.25, 0.3) is 5.91 Å². The van der Waals surface area contributed by atoms with Gasteiger partial charge in [0.15, 0.2) is 5.49 Å². The topological polar surface area (TPSA) is 85.8 Å². The van der Waals surface area contributed by atoms with Gasteiger partial charge in [0.1, 0.15) is 16.1 Å². The van der Waals surface area contributed by atoms with Gasteiger partial charge in [-0.1, -0.05) is 18.2 Å². The number of aromatic nitrogens is 2. The Morgan fingerprint density at radius 2 is 1.77 bits per heavy atom. The van der Waals surface area contributed by atoms with Crippen LogP contribution < -0.4 is 10.2 Å². The van der Waals surface area contributed by atoms with Gasteiger partial charge in [-0.2, -0.15) is 4.68 Å². The molecular formula is C22H19N3O4S. The molecule has 4 aromatic rings. The van der Waals surface area contributed by atoms with Gasteiger partial charge in [-0.05, 0) is 43.3 Å². The Kier molecular flexibility index (Phi) is 5.24. The van der Waals surface area contributed by atoms with Gasteiger partial charge in [-0.3, -0.25) is 10.2 Å². The van der Waals surface area contributed by atoms with E-state index >= 15 is 0 Å². The minimum Gasteiger partial charge on any atom is -0.497 e. The van der Waals surface area contributed by atoms with E-state index in [4.69, 9.17) is 14.9 Å². The van der Waals surface area contributed by atoms with E-state index in [1.807, 2.05) is 35.7 Å². The summed E-state index contributed by atoms with van der Waals surface area (Å²) >= 11 is 1.28. The third-order valence-electron chi connectivity index (χ3n) is 4.64. The second kappa shape index (κ2) is 8.00. The van der Waals surface area contributed by atoms with E-state index in [0.29, 0.717) is 21.8 Å². The zero-order chi connectivity index (χ0) is 21.3. The maximum atomic E-state index is 13.3. The summed E-state index contributed by atoms with van der Waals surface area (Å²) < 4.78 is 13.2. The van der Waals surface area contributed by atoms with Gasteiger partial charge in [0.05, 0.1) is 19.4 Å². The molecule has 152 valence electrons. The first-order valence-electron chi connectivity index (χ1n) is 9.28. The first-order chi connectivity index (χ1) is 14.6. The summed E-state index contributed by atoms with van der Waals surface area (Å²) in [6, 6.07) is 16.1. The van der Waals surface area contributed by atoms with Crippen molar-refractivity contribution in [3.05, 3.63) is 76.6 Å². The second-order valence-corrected chi connectivity index (χ2v) is 7.25. The molecule has 0 saturated heterocycles. The summed E-state index contributed by atoms with van der Waals surface area (Å²) in [5.74, 6) is -0.318. The average Bonchev–Trinajstić information content (AvgIpc) is 3.31. The second-order valence-electron chi connectivity index (χ2n) is 6.39. The van der Waals surface area contributed by atoms with E-state index in [1.165, 1.54) is 16.0 Å². The highest BCUT2D eigenvalue weighted by atomic mass is 32.1. The molecule has 8 heteroatoms. The number of thiazole rings is 1. The molecule has 2 aromatic heterocycles. The van der Waals surface area contributed by atoms with E-state index in [9.17, 15) is 9.59 Å². The predicted octanol–water partition coefficient (Wildman–Crippen LogP) is 3.82. The molecular weight excluding hydrogens is 402 g/mol. The molecule has 2 heterocycles. The van der Waals surface area contributed by atoms with E-state index in [-0.39, 0.29) is 17.7 Å². The first-order valence-corrected chi connectivity index (χ1v) is 10.2. The molecule has 1 N–H and O–H groups in total. The Labute approximate surface area is 176 Å². The van der Waals surface area contributed by atoms with Crippen LogP contribution in [0.3, 0.4) is 0 Å². The minimum absolute atomic E-state index is 0.0749. The maximum Gasteiger partial charge on any atom is 0.345 e. The molecule has 0 aliphatic rings. The monoisotopic (exact) mass is 421 g/mol. The third kappa shape index (κ3) is 3.21. The highest BCUT2D eigenvalue weighted by molar-refractivity contribution is 7.16. The van der Waals surface area contributed by atoms with Crippen molar-refractivity contribution in [3.8, 4) is 17.0 Å². The lowest BCUT2D eigenvalue weighted by molar-refractivity contribution is 0.0526. The summed E-state index contributed by atoms with van der Waals surface area (Å²) in [4.78, 5) is 26.4. The number of methoxy groups -OCH3 is 1. The predicted molar refractivity (Wildman–Crippen MR) is 113 cm³/mol. The molecule has 0 saturated carbocycles. The molecule has 4 rings (SSSR count). The molecule has 0 unspecified atom stereocenters. The van der Waals surface area contributed by atoms with Crippen molar-refractivity contribution in [2.24, 2.45) is 0 Å². The summed E-state index contributed by atoms with van der Waals surface area (Å²) in [6.07, 6.45) is 0. The first kappa shape index (κ1) is 19.7. The zero-order valence-electron chi connectivity index (χ0n) is 16.4. The van der Waals surface area contributed by atoms with Crippen molar-refractivity contribution in [2.45, 2.75) is 6.92 Å². The molecule has 0 fully saturated rings. The highest BCUT2D eigenvalue weighted by Gasteiger charge is 2.27. The summed E-state index contributed by atoms with van der Waals surface area (Å²) in [5, 5.41) is 10.5. The molecule has 7 nitrogen and oxygen atoms in total. The van der Waals surface area contributed by atoms with Crippen LogP contribution in [0.15, 0.2) is 60.0 Å². The van der Waals surface area contributed by atoms with Crippen LogP contribution in [0.4, 0.5) is 0 Å². The number of ether oxygens (including phenoxy) is 2. The highest BCUT2D eigenvalue weighted by Crippen LogP contribution is 2.29. The fourth-order valence-electron chi connectivity index (χ4n) is 3.23.